The van der Waals surface area contributed by atoms with E-state index in [4.69, 9.17) is 5.11 Å². The Labute approximate surface area is 125 Å². The van der Waals surface area contributed by atoms with E-state index in [-0.39, 0.29) is 11.8 Å². The Morgan fingerprint density at radius 1 is 1.00 bits per heavy atom. The van der Waals surface area contributed by atoms with Crippen LogP contribution >= 0.6 is 0 Å². The lowest BCUT2D eigenvalue weighted by Crippen LogP contribution is -2.53. The maximum Gasteiger partial charge on any atom is 0.307 e. The minimum absolute atomic E-state index is 0.0547. The number of carboxylic acids is 1. The largest absolute Gasteiger partial charge is 0.481 e. The van der Waals surface area contributed by atoms with Crippen LogP contribution in [0.25, 0.3) is 0 Å². The molecule has 120 valence electrons. The van der Waals surface area contributed by atoms with Crippen molar-refractivity contribution in [2.45, 2.75) is 13.8 Å². The Balaban J connectivity index is 2.51. The minimum atomic E-state index is -0.962. The summed E-state index contributed by atoms with van der Waals surface area (Å²) in [5.74, 6) is -2.31. The minimum Gasteiger partial charge on any atom is -0.481 e. The van der Waals surface area contributed by atoms with E-state index < -0.39 is 17.8 Å². The standard InChI is InChI=1S/C14H25N3O4/c1-10(11(2)14(20)21)13(19)17-7-5-16(6-8-17)12(18)9-15(3)4/h10-11H,5-9H2,1-4H3,(H,20,21). The summed E-state index contributed by atoms with van der Waals surface area (Å²) in [6.45, 7) is 5.50. The molecule has 1 N–H and O–H groups in total. The number of hydrogen-bond donors (Lipinski definition) is 1. The second-order valence-corrected chi connectivity index (χ2v) is 5.86. The van der Waals surface area contributed by atoms with Crippen LogP contribution in [0.1, 0.15) is 13.8 Å². The van der Waals surface area contributed by atoms with E-state index >= 15 is 0 Å². The van der Waals surface area contributed by atoms with Gasteiger partial charge in [-0.3, -0.25) is 14.4 Å². The van der Waals surface area contributed by atoms with Gasteiger partial charge in [0.15, 0.2) is 0 Å². The quantitative estimate of drug-likeness (QED) is 0.745. The van der Waals surface area contributed by atoms with E-state index in [1.165, 1.54) is 0 Å². The summed E-state index contributed by atoms with van der Waals surface area (Å²) in [4.78, 5) is 40.3. The number of rotatable bonds is 5. The van der Waals surface area contributed by atoms with Gasteiger partial charge in [0.05, 0.1) is 12.5 Å². The van der Waals surface area contributed by atoms with Crippen LogP contribution in [0.15, 0.2) is 0 Å². The van der Waals surface area contributed by atoms with Crippen LogP contribution in [-0.2, 0) is 14.4 Å². The molecule has 1 heterocycles. The molecule has 0 aliphatic carbocycles. The molecule has 7 heteroatoms. The maximum atomic E-state index is 12.2. The average Bonchev–Trinajstić information content (AvgIpc) is 2.44. The second kappa shape index (κ2) is 7.40. The van der Waals surface area contributed by atoms with Crippen molar-refractivity contribution in [2.24, 2.45) is 11.8 Å². The van der Waals surface area contributed by atoms with Gasteiger partial charge in [0.2, 0.25) is 11.8 Å². The number of carbonyl (C=O) groups excluding carboxylic acids is 2. The van der Waals surface area contributed by atoms with Crippen molar-refractivity contribution in [1.29, 1.82) is 0 Å². The van der Waals surface area contributed by atoms with E-state index in [1.54, 1.807) is 23.6 Å². The summed E-state index contributed by atoms with van der Waals surface area (Å²) >= 11 is 0. The molecule has 0 saturated carbocycles. The summed E-state index contributed by atoms with van der Waals surface area (Å²) in [7, 11) is 3.68. The average molecular weight is 299 g/mol. The van der Waals surface area contributed by atoms with Gasteiger partial charge in [-0.1, -0.05) is 13.8 Å². The molecule has 2 atom stereocenters. The first-order chi connectivity index (χ1) is 9.73. The first kappa shape index (κ1) is 17.4. The molecule has 1 aliphatic rings. The Morgan fingerprint density at radius 3 is 1.90 bits per heavy atom. The number of piperazine rings is 1. The maximum absolute atomic E-state index is 12.2. The molecular formula is C14H25N3O4. The normalized spacial score (nSPS) is 18.5. The predicted molar refractivity (Wildman–Crippen MR) is 77.7 cm³/mol. The Morgan fingerprint density at radius 2 is 1.48 bits per heavy atom. The second-order valence-electron chi connectivity index (χ2n) is 5.86. The van der Waals surface area contributed by atoms with Crippen molar-refractivity contribution in [3.05, 3.63) is 0 Å². The fourth-order valence-electron chi connectivity index (χ4n) is 2.26. The lowest BCUT2D eigenvalue weighted by Gasteiger charge is -2.36. The topological polar surface area (TPSA) is 81.2 Å². The lowest BCUT2D eigenvalue weighted by atomic mass is 9.94. The fourth-order valence-corrected chi connectivity index (χ4v) is 2.26. The molecule has 1 saturated heterocycles. The van der Waals surface area contributed by atoms with E-state index in [1.807, 2.05) is 19.0 Å². The van der Waals surface area contributed by atoms with E-state index in [2.05, 4.69) is 0 Å². The van der Waals surface area contributed by atoms with Gasteiger partial charge in [0.25, 0.3) is 0 Å². The summed E-state index contributed by atoms with van der Waals surface area (Å²) in [6, 6.07) is 0. The predicted octanol–water partition coefficient (Wildman–Crippen LogP) is -0.424. The fraction of sp³-hybridized carbons (Fsp3) is 0.786. The zero-order valence-corrected chi connectivity index (χ0v) is 13.2. The lowest BCUT2D eigenvalue weighted by molar-refractivity contribution is -0.150. The Bertz CT molecular complexity index is 403. The molecule has 0 radical (unpaired) electrons. The molecule has 1 rings (SSSR count). The smallest absolute Gasteiger partial charge is 0.307 e. The summed E-state index contributed by atoms with van der Waals surface area (Å²) in [6.07, 6.45) is 0. The van der Waals surface area contributed by atoms with Gasteiger partial charge >= 0.3 is 5.97 Å². The highest BCUT2D eigenvalue weighted by molar-refractivity contribution is 5.84. The third kappa shape index (κ3) is 4.70. The number of amides is 2. The third-order valence-corrected chi connectivity index (χ3v) is 3.92. The summed E-state index contributed by atoms with van der Waals surface area (Å²) < 4.78 is 0. The Hall–Kier alpha value is -1.63. The van der Waals surface area contributed by atoms with Crippen molar-refractivity contribution in [1.82, 2.24) is 14.7 Å². The number of likely N-dealkylation sites (N-methyl/N-ethyl adjacent to an activating group) is 1. The molecule has 2 amide bonds. The third-order valence-electron chi connectivity index (χ3n) is 3.92. The molecule has 0 bridgehead atoms. The zero-order chi connectivity index (χ0) is 16.2. The van der Waals surface area contributed by atoms with E-state index in [0.717, 1.165) is 0 Å². The number of hydrogen-bond acceptors (Lipinski definition) is 4. The monoisotopic (exact) mass is 299 g/mol. The number of carbonyl (C=O) groups is 3. The van der Waals surface area contributed by atoms with E-state index in [0.29, 0.717) is 32.7 Å². The van der Waals surface area contributed by atoms with Gasteiger partial charge in [-0.05, 0) is 14.1 Å². The van der Waals surface area contributed by atoms with Crippen LogP contribution in [0.5, 0.6) is 0 Å². The van der Waals surface area contributed by atoms with Crippen LogP contribution in [0.3, 0.4) is 0 Å². The molecule has 1 aliphatic heterocycles. The molecule has 7 nitrogen and oxygen atoms in total. The molecule has 2 unspecified atom stereocenters. The highest BCUT2D eigenvalue weighted by Gasteiger charge is 2.31. The first-order valence-corrected chi connectivity index (χ1v) is 7.18. The summed E-state index contributed by atoms with van der Waals surface area (Å²) in [5.41, 5.74) is 0. The van der Waals surface area contributed by atoms with Gasteiger partial charge in [0.1, 0.15) is 0 Å². The van der Waals surface area contributed by atoms with Crippen molar-refractivity contribution < 1.29 is 19.5 Å². The van der Waals surface area contributed by atoms with E-state index in [9.17, 15) is 14.4 Å². The number of carboxylic acid groups (broad SMARTS) is 1. The highest BCUT2D eigenvalue weighted by atomic mass is 16.4. The SMILES string of the molecule is CC(C(=O)O)C(C)C(=O)N1CCN(C(=O)CN(C)C)CC1. The van der Waals surface area contributed by atoms with Crippen LogP contribution in [0.2, 0.25) is 0 Å². The van der Waals surface area contributed by atoms with Crippen molar-refractivity contribution in [2.75, 3.05) is 46.8 Å². The van der Waals surface area contributed by atoms with Gasteiger partial charge in [-0.25, -0.2) is 0 Å². The zero-order valence-electron chi connectivity index (χ0n) is 13.2. The molecule has 1 fully saturated rings. The van der Waals surface area contributed by atoms with Crippen molar-refractivity contribution in [3.8, 4) is 0 Å². The van der Waals surface area contributed by atoms with Crippen LogP contribution in [-0.4, -0.2) is 84.4 Å². The molecule has 0 spiro atoms. The number of aliphatic carboxylic acids is 1. The Kier molecular flexibility index (Phi) is 6.14. The summed E-state index contributed by atoms with van der Waals surface area (Å²) in [5, 5.41) is 8.97. The van der Waals surface area contributed by atoms with Gasteiger partial charge in [-0.15, -0.1) is 0 Å². The molecule has 0 aromatic rings. The molecular weight excluding hydrogens is 274 g/mol. The molecule has 0 aromatic carbocycles. The van der Waals surface area contributed by atoms with Gasteiger partial charge in [-0.2, -0.15) is 0 Å². The number of nitrogens with zero attached hydrogens (tertiary/aromatic N) is 3. The van der Waals surface area contributed by atoms with Crippen LogP contribution < -0.4 is 0 Å². The van der Waals surface area contributed by atoms with Crippen molar-refractivity contribution >= 4 is 17.8 Å². The van der Waals surface area contributed by atoms with Crippen LogP contribution in [0, 0.1) is 11.8 Å². The van der Waals surface area contributed by atoms with Crippen molar-refractivity contribution in [3.63, 3.8) is 0 Å². The van der Waals surface area contributed by atoms with Crippen LogP contribution in [0.4, 0.5) is 0 Å². The highest BCUT2D eigenvalue weighted by Crippen LogP contribution is 2.16. The molecule has 0 aromatic heterocycles. The van der Waals surface area contributed by atoms with Gasteiger partial charge in [0, 0.05) is 32.1 Å². The molecule has 21 heavy (non-hydrogen) atoms. The first-order valence-electron chi connectivity index (χ1n) is 7.18. The van der Waals surface area contributed by atoms with Gasteiger partial charge < -0.3 is 19.8 Å².